The van der Waals surface area contributed by atoms with E-state index in [4.69, 9.17) is 23.7 Å². The standard InChI is InChI=1S/C30H32O6/c1-19-4-5-21(13-28(19)26-8-7-24(12-20(26)2)36-25-10-11-33-18-25)16-34-23-6-9-27-22(14-30(31)32-3)17-35-29(27)15-23/h4-9,12-13,15,22,25H,10-11,14,16-18H2,1-3H3/t22-,25+/m1/s1. The second-order valence-corrected chi connectivity index (χ2v) is 9.51. The van der Waals surface area contributed by atoms with E-state index in [0.717, 1.165) is 41.4 Å². The van der Waals surface area contributed by atoms with E-state index < -0.39 is 0 Å². The molecule has 2 aliphatic heterocycles. The molecule has 2 aliphatic rings. The fraction of sp³-hybridized carbons (Fsp3) is 0.367. The van der Waals surface area contributed by atoms with E-state index in [1.54, 1.807) is 0 Å². The maximum Gasteiger partial charge on any atom is 0.306 e. The second kappa shape index (κ2) is 10.6. The third-order valence-corrected chi connectivity index (χ3v) is 6.89. The van der Waals surface area contributed by atoms with Gasteiger partial charge in [-0.1, -0.05) is 24.3 Å². The normalized spacial score (nSPS) is 18.4. The number of methoxy groups -OCH3 is 1. The third-order valence-electron chi connectivity index (χ3n) is 6.89. The van der Waals surface area contributed by atoms with Gasteiger partial charge in [0.05, 0.1) is 33.4 Å². The molecule has 0 aliphatic carbocycles. The molecule has 0 spiro atoms. The smallest absolute Gasteiger partial charge is 0.306 e. The van der Waals surface area contributed by atoms with Gasteiger partial charge in [0.15, 0.2) is 0 Å². The van der Waals surface area contributed by atoms with Crippen LogP contribution in [0.1, 0.15) is 41.0 Å². The van der Waals surface area contributed by atoms with Crippen molar-refractivity contribution in [2.75, 3.05) is 26.9 Å². The summed E-state index contributed by atoms with van der Waals surface area (Å²) in [7, 11) is 1.41. The zero-order valence-electron chi connectivity index (χ0n) is 21.0. The lowest BCUT2D eigenvalue weighted by atomic mass is 9.95. The Kier molecular flexibility index (Phi) is 7.14. The van der Waals surface area contributed by atoms with Gasteiger partial charge >= 0.3 is 5.97 Å². The number of carbonyl (C=O) groups is 1. The number of carbonyl (C=O) groups excluding carboxylic acids is 1. The van der Waals surface area contributed by atoms with Crippen molar-refractivity contribution < 1.29 is 28.5 Å². The lowest BCUT2D eigenvalue weighted by Crippen LogP contribution is -2.15. The predicted octanol–water partition coefficient (Wildman–Crippen LogP) is 5.76. The monoisotopic (exact) mass is 488 g/mol. The highest BCUT2D eigenvalue weighted by Crippen LogP contribution is 2.38. The Morgan fingerprint density at radius 3 is 2.58 bits per heavy atom. The van der Waals surface area contributed by atoms with E-state index in [2.05, 4.69) is 44.2 Å². The number of hydrogen-bond acceptors (Lipinski definition) is 6. The van der Waals surface area contributed by atoms with Crippen LogP contribution in [0.15, 0.2) is 54.6 Å². The summed E-state index contributed by atoms with van der Waals surface area (Å²) in [5.74, 6) is 2.19. The van der Waals surface area contributed by atoms with E-state index in [0.29, 0.717) is 26.2 Å². The number of rotatable bonds is 8. The first kappa shape index (κ1) is 24.2. The van der Waals surface area contributed by atoms with Crippen LogP contribution >= 0.6 is 0 Å². The molecule has 6 nitrogen and oxygen atoms in total. The highest BCUT2D eigenvalue weighted by Gasteiger charge is 2.27. The van der Waals surface area contributed by atoms with Crippen molar-refractivity contribution in [2.45, 2.75) is 45.3 Å². The molecule has 1 saturated heterocycles. The summed E-state index contributed by atoms with van der Waals surface area (Å²) in [6.07, 6.45) is 1.39. The first-order valence-corrected chi connectivity index (χ1v) is 12.4. The van der Waals surface area contributed by atoms with Crippen molar-refractivity contribution in [2.24, 2.45) is 0 Å². The summed E-state index contributed by atoms with van der Waals surface area (Å²) < 4.78 is 28.2. The third kappa shape index (κ3) is 5.34. The van der Waals surface area contributed by atoms with E-state index in [-0.39, 0.29) is 18.0 Å². The molecule has 3 aromatic carbocycles. The van der Waals surface area contributed by atoms with Gasteiger partial charge in [0, 0.05) is 24.0 Å². The van der Waals surface area contributed by atoms with Crippen LogP contribution in [0.3, 0.4) is 0 Å². The first-order valence-electron chi connectivity index (χ1n) is 12.4. The van der Waals surface area contributed by atoms with Gasteiger partial charge in [0.25, 0.3) is 0 Å². The fourth-order valence-corrected chi connectivity index (χ4v) is 4.83. The van der Waals surface area contributed by atoms with Gasteiger partial charge in [0.2, 0.25) is 0 Å². The Hall–Kier alpha value is -3.51. The van der Waals surface area contributed by atoms with Crippen LogP contribution in [0, 0.1) is 13.8 Å². The molecule has 1 fully saturated rings. The molecule has 0 saturated carbocycles. The molecule has 0 N–H and O–H groups in total. The minimum Gasteiger partial charge on any atom is -0.492 e. The van der Waals surface area contributed by atoms with Crippen molar-refractivity contribution >= 4 is 5.97 Å². The molecule has 0 unspecified atom stereocenters. The summed E-state index contributed by atoms with van der Waals surface area (Å²) in [6, 6.07) is 18.5. The molecular weight excluding hydrogens is 456 g/mol. The molecule has 0 radical (unpaired) electrons. The predicted molar refractivity (Wildman–Crippen MR) is 137 cm³/mol. The van der Waals surface area contributed by atoms with Gasteiger partial charge in [-0.25, -0.2) is 0 Å². The maximum atomic E-state index is 11.7. The van der Waals surface area contributed by atoms with Crippen LogP contribution < -0.4 is 14.2 Å². The summed E-state index contributed by atoms with van der Waals surface area (Å²) in [4.78, 5) is 11.7. The molecule has 36 heavy (non-hydrogen) atoms. The van der Waals surface area contributed by atoms with Crippen molar-refractivity contribution in [3.63, 3.8) is 0 Å². The van der Waals surface area contributed by atoms with Crippen LogP contribution in [0.25, 0.3) is 11.1 Å². The molecule has 2 heterocycles. The molecule has 3 aromatic rings. The molecule has 6 heteroatoms. The summed E-state index contributed by atoms with van der Waals surface area (Å²) >= 11 is 0. The highest BCUT2D eigenvalue weighted by molar-refractivity contribution is 5.72. The van der Waals surface area contributed by atoms with Crippen molar-refractivity contribution in [1.29, 1.82) is 0 Å². The van der Waals surface area contributed by atoms with Crippen LogP contribution in [0.2, 0.25) is 0 Å². The number of benzene rings is 3. The minimum atomic E-state index is -0.229. The first-order chi connectivity index (χ1) is 17.5. The quantitative estimate of drug-likeness (QED) is 0.376. The molecule has 2 atom stereocenters. The number of ether oxygens (including phenoxy) is 5. The molecule has 188 valence electrons. The maximum absolute atomic E-state index is 11.7. The molecule has 0 bridgehead atoms. The van der Waals surface area contributed by atoms with Gasteiger partial charge < -0.3 is 23.7 Å². The van der Waals surface area contributed by atoms with Crippen LogP contribution in [-0.2, 0) is 20.9 Å². The number of esters is 1. The molecule has 0 amide bonds. The summed E-state index contributed by atoms with van der Waals surface area (Å²) in [5.41, 5.74) is 6.86. The average Bonchev–Trinajstić information content (AvgIpc) is 3.53. The Bertz CT molecular complexity index is 1240. The Balaban J connectivity index is 1.27. The lowest BCUT2D eigenvalue weighted by Gasteiger charge is -2.16. The Morgan fingerprint density at radius 1 is 0.944 bits per heavy atom. The SMILES string of the molecule is COC(=O)C[C@@H]1COc2cc(OCc3ccc(C)c(-c4ccc(O[C@H]5CCOC5)cc4C)c3)ccc21. The zero-order chi connectivity index (χ0) is 25.1. The van der Waals surface area contributed by atoms with Gasteiger partial charge in [-0.15, -0.1) is 0 Å². The van der Waals surface area contributed by atoms with Crippen LogP contribution in [0.5, 0.6) is 17.2 Å². The Labute approximate surface area is 212 Å². The highest BCUT2D eigenvalue weighted by atomic mass is 16.5. The minimum absolute atomic E-state index is 0.0210. The van der Waals surface area contributed by atoms with Gasteiger partial charge in [-0.2, -0.15) is 0 Å². The van der Waals surface area contributed by atoms with Crippen molar-refractivity contribution in [3.05, 3.63) is 76.9 Å². The molecular formula is C30H32O6. The zero-order valence-corrected chi connectivity index (χ0v) is 21.0. The summed E-state index contributed by atoms with van der Waals surface area (Å²) in [5, 5.41) is 0. The Morgan fingerprint density at radius 2 is 1.81 bits per heavy atom. The van der Waals surface area contributed by atoms with E-state index in [1.165, 1.54) is 29.4 Å². The van der Waals surface area contributed by atoms with E-state index in [9.17, 15) is 4.79 Å². The fourth-order valence-electron chi connectivity index (χ4n) is 4.83. The largest absolute Gasteiger partial charge is 0.492 e. The van der Waals surface area contributed by atoms with Crippen molar-refractivity contribution in [1.82, 2.24) is 0 Å². The average molecular weight is 489 g/mol. The molecule has 5 rings (SSSR count). The number of hydrogen-bond donors (Lipinski definition) is 0. The van der Waals surface area contributed by atoms with E-state index in [1.807, 2.05) is 24.3 Å². The van der Waals surface area contributed by atoms with Gasteiger partial charge in [-0.05, 0) is 65.9 Å². The van der Waals surface area contributed by atoms with Gasteiger partial charge in [-0.3, -0.25) is 4.79 Å². The van der Waals surface area contributed by atoms with Crippen LogP contribution in [0.4, 0.5) is 0 Å². The lowest BCUT2D eigenvalue weighted by molar-refractivity contribution is -0.141. The second-order valence-electron chi connectivity index (χ2n) is 9.51. The summed E-state index contributed by atoms with van der Waals surface area (Å²) in [6.45, 7) is 6.60. The number of aryl methyl sites for hydroxylation is 2. The van der Waals surface area contributed by atoms with Gasteiger partial charge in [0.1, 0.15) is 30.0 Å². The topological polar surface area (TPSA) is 63.2 Å². The molecule has 0 aromatic heterocycles. The van der Waals surface area contributed by atoms with Crippen molar-refractivity contribution in [3.8, 4) is 28.4 Å². The van der Waals surface area contributed by atoms with E-state index >= 15 is 0 Å². The van der Waals surface area contributed by atoms with Crippen LogP contribution in [-0.4, -0.2) is 39.0 Å². The number of fused-ring (bicyclic) bond motifs is 1.